The molecule has 3 atom stereocenters. The van der Waals surface area contributed by atoms with Crippen molar-refractivity contribution in [2.24, 2.45) is 17.3 Å². The average molecular weight is 398 g/mol. The van der Waals surface area contributed by atoms with Gasteiger partial charge in [-0.15, -0.1) is 0 Å². The molecular formula is C22H39NO5. The Morgan fingerprint density at radius 1 is 1.25 bits per heavy atom. The number of amides is 2. The van der Waals surface area contributed by atoms with E-state index in [0.29, 0.717) is 18.9 Å². The van der Waals surface area contributed by atoms with Crippen LogP contribution in [0.25, 0.3) is 0 Å². The van der Waals surface area contributed by atoms with Gasteiger partial charge in [0, 0.05) is 12.8 Å². The molecule has 2 saturated heterocycles. The molecule has 2 amide bonds. The van der Waals surface area contributed by atoms with Crippen LogP contribution in [0.5, 0.6) is 0 Å². The van der Waals surface area contributed by atoms with Gasteiger partial charge in [0.25, 0.3) is 0 Å². The molecule has 0 aromatic heterocycles. The van der Waals surface area contributed by atoms with Crippen molar-refractivity contribution in [3.63, 3.8) is 0 Å². The van der Waals surface area contributed by atoms with E-state index in [1.807, 2.05) is 20.8 Å². The third-order valence-corrected chi connectivity index (χ3v) is 5.80. The molecule has 6 heteroatoms. The van der Waals surface area contributed by atoms with Crippen LogP contribution in [0, 0.1) is 17.3 Å². The number of hydrogen-bond donors (Lipinski definition) is 0. The van der Waals surface area contributed by atoms with Crippen LogP contribution in [0.15, 0.2) is 0 Å². The van der Waals surface area contributed by atoms with Crippen molar-refractivity contribution in [1.82, 2.24) is 4.90 Å². The number of cyclic esters (lactones) is 1. The molecule has 0 saturated carbocycles. The van der Waals surface area contributed by atoms with Crippen molar-refractivity contribution in [1.29, 1.82) is 0 Å². The first kappa shape index (κ1) is 23.1. The number of imide groups is 1. The predicted molar refractivity (Wildman–Crippen MR) is 108 cm³/mol. The molecule has 2 fully saturated rings. The van der Waals surface area contributed by atoms with E-state index in [9.17, 15) is 9.59 Å². The predicted octanol–water partition coefficient (Wildman–Crippen LogP) is 4.76. The van der Waals surface area contributed by atoms with Crippen molar-refractivity contribution >= 4 is 12.0 Å². The summed E-state index contributed by atoms with van der Waals surface area (Å²) in [6.07, 6.45) is 5.74. The van der Waals surface area contributed by atoms with Crippen molar-refractivity contribution in [3.8, 4) is 0 Å². The summed E-state index contributed by atoms with van der Waals surface area (Å²) < 4.78 is 16.6. The number of rotatable bonds is 9. The Kier molecular flexibility index (Phi) is 8.75. The molecular weight excluding hydrogens is 358 g/mol. The zero-order valence-corrected chi connectivity index (χ0v) is 18.4. The molecule has 2 aliphatic heterocycles. The SMILES string of the molecule is CCCC[C@@H](CC(=O)N1C(=O)OC[C@@H]1C(C)(C)C)C[C@H](C)CC1OCCCO1. The third-order valence-electron chi connectivity index (χ3n) is 5.80. The third kappa shape index (κ3) is 6.73. The van der Waals surface area contributed by atoms with Crippen LogP contribution in [0.1, 0.15) is 79.6 Å². The minimum absolute atomic E-state index is 0.0964. The topological polar surface area (TPSA) is 65.1 Å². The Bertz CT molecular complexity index is 510. The lowest BCUT2D eigenvalue weighted by atomic mass is 9.84. The molecule has 2 heterocycles. The van der Waals surface area contributed by atoms with Gasteiger partial charge < -0.3 is 14.2 Å². The molecule has 2 aliphatic rings. The summed E-state index contributed by atoms with van der Waals surface area (Å²) >= 11 is 0. The Labute approximate surface area is 170 Å². The normalized spacial score (nSPS) is 23.5. The number of carbonyl (C=O) groups excluding carboxylic acids is 2. The zero-order valence-electron chi connectivity index (χ0n) is 18.4. The maximum absolute atomic E-state index is 13.0. The van der Waals surface area contributed by atoms with Gasteiger partial charge in [-0.2, -0.15) is 0 Å². The Hall–Kier alpha value is -1.14. The highest BCUT2D eigenvalue weighted by Gasteiger charge is 2.44. The van der Waals surface area contributed by atoms with Crippen molar-refractivity contribution in [2.45, 2.75) is 91.9 Å². The summed E-state index contributed by atoms with van der Waals surface area (Å²) in [5, 5.41) is 0. The van der Waals surface area contributed by atoms with E-state index in [2.05, 4.69) is 13.8 Å². The second-order valence-electron chi connectivity index (χ2n) is 9.54. The molecule has 0 unspecified atom stereocenters. The van der Waals surface area contributed by atoms with Gasteiger partial charge in [-0.3, -0.25) is 4.79 Å². The number of unbranched alkanes of at least 4 members (excludes halogenated alkanes) is 1. The van der Waals surface area contributed by atoms with E-state index in [1.54, 1.807) is 0 Å². The molecule has 0 N–H and O–H groups in total. The van der Waals surface area contributed by atoms with E-state index in [0.717, 1.165) is 51.7 Å². The van der Waals surface area contributed by atoms with Crippen molar-refractivity contribution in [2.75, 3.05) is 19.8 Å². The van der Waals surface area contributed by atoms with E-state index >= 15 is 0 Å². The fourth-order valence-electron chi connectivity index (χ4n) is 4.14. The van der Waals surface area contributed by atoms with Gasteiger partial charge in [0.05, 0.1) is 19.3 Å². The molecule has 0 bridgehead atoms. The van der Waals surface area contributed by atoms with Gasteiger partial charge >= 0.3 is 6.09 Å². The second-order valence-corrected chi connectivity index (χ2v) is 9.54. The van der Waals surface area contributed by atoms with E-state index < -0.39 is 6.09 Å². The lowest BCUT2D eigenvalue weighted by Gasteiger charge is -2.32. The summed E-state index contributed by atoms with van der Waals surface area (Å²) in [5.41, 5.74) is -0.191. The molecule has 2 rings (SSSR count). The van der Waals surface area contributed by atoms with Crippen molar-refractivity contribution < 1.29 is 23.8 Å². The van der Waals surface area contributed by atoms with Gasteiger partial charge in [-0.25, -0.2) is 9.69 Å². The molecule has 0 radical (unpaired) electrons. The summed E-state index contributed by atoms with van der Waals surface area (Å²) in [5.74, 6) is 0.572. The first-order chi connectivity index (χ1) is 13.2. The Balaban J connectivity index is 1.95. The lowest BCUT2D eigenvalue weighted by Crippen LogP contribution is -2.46. The molecule has 0 aromatic carbocycles. The van der Waals surface area contributed by atoms with Crippen LogP contribution in [-0.4, -0.2) is 49.1 Å². The summed E-state index contributed by atoms with van der Waals surface area (Å²) in [7, 11) is 0. The van der Waals surface area contributed by atoms with E-state index in [-0.39, 0.29) is 29.6 Å². The van der Waals surface area contributed by atoms with Gasteiger partial charge in [0.2, 0.25) is 5.91 Å². The van der Waals surface area contributed by atoms with Crippen LogP contribution in [-0.2, 0) is 19.0 Å². The number of carbonyl (C=O) groups is 2. The number of nitrogens with zero attached hydrogens (tertiary/aromatic N) is 1. The van der Waals surface area contributed by atoms with Crippen molar-refractivity contribution in [3.05, 3.63) is 0 Å². The van der Waals surface area contributed by atoms with Crippen LogP contribution in [0.3, 0.4) is 0 Å². The number of hydrogen-bond acceptors (Lipinski definition) is 5. The van der Waals surface area contributed by atoms with Crippen LogP contribution in [0.2, 0.25) is 0 Å². The maximum Gasteiger partial charge on any atom is 0.416 e. The standard InChI is InChI=1S/C22H39NO5/c1-6-7-9-17(12-16(2)13-20-26-10-8-11-27-20)14-19(24)23-18(22(3,4)5)15-28-21(23)25/h16-18,20H,6-15H2,1-5H3/t16-,17+,18+/m0/s1. The summed E-state index contributed by atoms with van der Waals surface area (Å²) in [4.78, 5) is 26.6. The summed E-state index contributed by atoms with van der Waals surface area (Å²) in [6, 6.07) is -0.194. The molecule has 28 heavy (non-hydrogen) atoms. The first-order valence-corrected chi connectivity index (χ1v) is 10.9. The Morgan fingerprint density at radius 3 is 2.54 bits per heavy atom. The number of ether oxygens (including phenoxy) is 3. The molecule has 0 aliphatic carbocycles. The van der Waals surface area contributed by atoms with Crippen LogP contribution in [0.4, 0.5) is 4.79 Å². The minimum atomic E-state index is -0.490. The zero-order chi connectivity index (χ0) is 20.7. The van der Waals surface area contributed by atoms with Gasteiger partial charge in [-0.1, -0.05) is 47.5 Å². The summed E-state index contributed by atoms with van der Waals surface area (Å²) in [6.45, 7) is 12.3. The largest absolute Gasteiger partial charge is 0.447 e. The first-order valence-electron chi connectivity index (χ1n) is 10.9. The van der Waals surface area contributed by atoms with Gasteiger partial charge in [0.15, 0.2) is 6.29 Å². The molecule has 0 spiro atoms. The smallest absolute Gasteiger partial charge is 0.416 e. The van der Waals surface area contributed by atoms with Crippen LogP contribution < -0.4 is 0 Å². The fraction of sp³-hybridized carbons (Fsp3) is 0.909. The quantitative estimate of drug-likeness (QED) is 0.561. The fourth-order valence-corrected chi connectivity index (χ4v) is 4.14. The monoisotopic (exact) mass is 397 g/mol. The van der Waals surface area contributed by atoms with Crippen LogP contribution >= 0.6 is 0 Å². The highest BCUT2D eigenvalue weighted by molar-refractivity contribution is 5.93. The lowest BCUT2D eigenvalue weighted by molar-refractivity contribution is -0.186. The molecule has 0 aromatic rings. The maximum atomic E-state index is 13.0. The minimum Gasteiger partial charge on any atom is -0.447 e. The average Bonchev–Trinajstić information content (AvgIpc) is 3.02. The Morgan fingerprint density at radius 2 is 1.93 bits per heavy atom. The highest BCUT2D eigenvalue weighted by atomic mass is 16.7. The van der Waals surface area contributed by atoms with E-state index in [4.69, 9.17) is 14.2 Å². The van der Waals surface area contributed by atoms with Gasteiger partial charge in [0.1, 0.15) is 6.61 Å². The second kappa shape index (κ2) is 10.6. The van der Waals surface area contributed by atoms with Gasteiger partial charge in [-0.05, 0) is 36.5 Å². The van der Waals surface area contributed by atoms with E-state index in [1.165, 1.54) is 4.90 Å². The molecule has 162 valence electrons. The molecule has 6 nitrogen and oxygen atoms in total. The highest BCUT2D eigenvalue weighted by Crippen LogP contribution is 2.32.